The molecule has 1 aliphatic rings. The van der Waals surface area contributed by atoms with Crippen LogP contribution in [0.4, 0.5) is 11.4 Å². The highest BCUT2D eigenvalue weighted by molar-refractivity contribution is 7.09. The normalized spacial score (nSPS) is 13.4. The first-order chi connectivity index (χ1) is 14.2. The Hall–Kier alpha value is -2.84. The van der Waals surface area contributed by atoms with E-state index in [1.54, 1.807) is 31.1 Å². The summed E-state index contributed by atoms with van der Waals surface area (Å²) in [5.41, 5.74) is 4.51. The average molecular weight is 424 g/mol. The van der Waals surface area contributed by atoms with Gasteiger partial charge in [-0.25, -0.2) is 4.98 Å². The third-order valence-corrected chi connectivity index (χ3v) is 6.17. The SMILES string of the molecule is Cc1nsc(-c2ccc(C)c(NCC(=O)N3CCc4c3cncc4C(C)(C)O)c2)n1. The number of nitrogens with zero attached hydrogens (tertiary/aromatic N) is 4. The molecule has 0 bridgehead atoms. The highest BCUT2D eigenvalue weighted by Crippen LogP contribution is 2.35. The van der Waals surface area contributed by atoms with Crippen LogP contribution in [-0.4, -0.2) is 38.4 Å². The lowest BCUT2D eigenvalue weighted by Crippen LogP contribution is -2.34. The molecule has 0 spiro atoms. The van der Waals surface area contributed by atoms with Crippen LogP contribution in [0.1, 0.15) is 36.4 Å². The van der Waals surface area contributed by atoms with Gasteiger partial charge in [0.15, 0.2) is 0 Å². The van der Waals surface area contributed by atoms with E-state index in [0.29, 0.717) is 13.0 Å². The zero-order valence-electron chi connectivity index (χ0n) is 17.6. The van der Waals surface area contributed by atoms with Gasteiger partial charge < -0.3 is 15.3 Å². The highest BCUT2D eigenvalue weighted by atomic mass is 32.1. The Balaban J connectivity index is 1.51. The number of aliphatic hydroxyl groups is 1. The monoisotopic (exact) mass is 423 g/mol. The van der Waals surface area contributed by atoms with Crippen LogP contribution in [0.15, 0.2) is 30.6 Å². The summed E-state index contributed by atoms with van der Waals surface area (Å²) in [6, 6.07) is 6.04. The van der Waals surface area contributed by atoms with Crippen molar-refractivity contribution in [3.8, 4) is 10.6 Å². The van der Waals surface area contributed by atoms with E-state index in [9.17, 15) is 9.90 Å². The number of amides is 1. The molecule has 3 heterocycles. The van der Waals surface area contributed by atoms with Gasteiger partial charge in [0.25, 0.3) is 0 Å². The van der Waals surface area contributed by atoms with Gasteiger partial charge in [0.1, 0.15) is 10.8 Å². The summed E-state index contributed by atoms with van der Waals surface area (Å²) >= 11 is 1.37. The average Bonchev–Trinajstić information content (AvgIpc) is 3.32. The number of hydrogen-bond donors (Lipinski definition) is 2. The van der Waals surface area contributed by atoms with Crippen LogP contribution >= 0.6 is 11.5 Å². The molecule has 1 aliphatic heterocycles. The van der Waals surface area contributed by atoms with Gasteiger partial charge in [0.05, 0.1) is 24.0 Å². The molecule has 1 aromatic carbocycles. The Kier molecular flexibility index (Phi) is 5.29. The van der Waals surface area contributed by atoms with Gasteiger partial charge in [-0.05, 0) is 62.8 Å². The lowest BCUT2D eigenvalue weighted by atomic mass is 9.94. The lowest BCUT2D eigenvalue weighted by Gasteiger charge is -2.22. The zero-order chi connectivity index (χ0) is 21.5. The Morgan fingerprint density at radius 2 is 2.10 bits per heavy atom. The number of anilines is 2. The molecule has 156 valence electrons. The molecule has 0 radical (unpaired) electrons. The summed E-state index contributed by atoms with van der Waals surface area (Å²) in [6.45, 7) is 8.13. The van der Waals surface area contributed by atoms with Crippen molar-refractivity contribution < 1.29 is 9.90 Å². The number of carbonyl (C=O) groups excluding carboxylic acids is 1. The van der Waals surface area contributed by atoms with Crippen LogP contribution in [0.25, 0.3) is 10.6 Å². The minimum absolute atomic E-state index is 0.0278. The van der Waals surface area contributed by atoms with E-state index in [1.807, 2.05) is 32.0 Å². The van der Waals surface area contributed by atoms with Crippen LogP contribution in [0, 0.1) is 13.8 Å². The van der Waals surface area contributed by atoms with Crippen molar-refractivity contribution in [2.75, 3.05) is 23.3 Å². The summed E-state index contributed by atoms with van der Waals surface area (Å²) < 4.78 is 4.24. The summed E-state index contributed by atoms with van der Waals surface area (Å²) in [5, 5.41) is 14.6. The summed E-state index contributed by atoms with van der Waals surface area (Å²) in [6.07, 6.45) is 4.11. The predicted octanol–water partition coefficient (Wildman–Crippen LogP) is 3.45. The van der Waals surface area contributed by atoms with Crippen molar-refractivity contribution in [3.05, 3.63) is 53.1 Å². The Morgan fingerprint density at radius 1 is 1.30 bits per heavy atom. The van der Waals surface area contributed by atoms with Gasteiger partial charge in [0.2, 0.25) is 5.91 Å². The van der Waals surface area contributed by atoms with Crippen LogP contribution in [0.5, 0.6) is 0 Å². The predicted molar refractivity (Wildman–Crippen MR) is 119 cm³/mol. The largest absolute Gasteiger partial charge is 0.386 e. The molecule has 30 heavy (non-hydrogen) atoms. The molecule has 0 saturated carbocycles. The quantitative estimate of drug-likeness (QED) is 0.653. The van der Waals surface area contributed by atoms with Crippen molar-refractivity contribution >= 4 is 28.8 Å². The van der Waals surface area contributed by atoms with Gasteiger partial charge in [-0.2, -0.15) is 4.37 Å². The van der Waals surface area contributed by atoms with Crippen LogP contribution in [-0.2, 0) is 16.8 Å². The molecule has 8 heteroatoms. The zero-order valence-corrected chi connectivity index (χ0v) is 18.4. The third-order valence-electron chi connectivity index (χ3n) is 5.31. The highest BCUT2D eigenvalue weighted by Gasteiger charge is 2.31. The molecular formula is C22H25N5O2S. The van der Waals surface area contributed by atoms with Gasteiger partial charge >= 0.3 is 0 Å². The first-order valence-electron chi connectivity index (χ1n) is 9.89. The first kappa shape index (κ1) is 20.4. The Labute approximate surface area is 180 Å². The second-order valence-electron chi connectivity index (χ2n) is 8.07. The molecule has 0 unspecified atom stereocenters. The molecule has 4 rings (SSSR count). The number of carbonyl (C=O) groups is 1. The number of rotatable bonds is 5. The third kappa shape index (κ3) is 3.93. The number of nitrogens with one attached hydrogen (secondary N) is 1. The molecule has 0 fully saturated rings. The first-order valence-corrected chi connectivity index (χ1v) is 10.7. The van der Waals surface area contributed by atoms with E-state index in [0.717, 1.165) is 44.5 Å². The fourth-order valence-corrected chi connectivity index (χ4v) is 4.39. The fourth-order valence-electron chi connectivity index (χ4n) is 3.73. The molecule has 2 aromatic heterocycles. The van der Waals surface area contributed by atoms with Crippen molar-refractivity contribution in [1.82, 2.24) is 14.3 Å². The minimum Gasteiger partial charge on any atom is -0.386 e. The van der Waals surface area contributed by atoms with E-state index in [4.69, 9.17) is 0 Å². The topological polar surface area (TPSA) is 91.2 Å². The number of hydrogen-bond acceptors (Lipinski definition) is 7. The maximum Gasteiger partial charge on any atom is 0.246 e. The summed E-state index contributed by atoms with van der Waals surface area (Å²) in [4.78, 5) is 23.4. The van der Waals surface area contributed by atoms with Crippen LogP contribution in [0.3, 0.4) is 0 Å². The van der Waals surface area contributed by atoms with E-state index in [-0.39, 0.29) is 12.5 Å². The molecule has 1 amide bonds. The van der Waals surface area contributed by atoms with Crippen molar-refractivity contribution in [3.63, 3.8) is 0 Å². The Morgan fingerprint density at radius 3 is 2.80 bits per heavy atom. The molecule has 0 saturated heterocycles. The van der Waals surface area contributed by atoms with E-state index >= 15 is 0 Å². The second-order valence-corrected chi connectivity index (χ2v) is 8.82. The second kappa shape index (κ2) is 7.77. The van der Waals surface area contributed by atoms with Gasteiger partial charge in [-0.3, -0.25) is 9.78 Å². The van der Waals surface area contributed by atoms with E-state index in [1.165, 1.54) is 11.5 Å². The number of pyridine rings is 1. The molecule has 0 aliphatic carbocycles. The standard InChI is InChI=1S/C22H25N5O2S/c1-13-5-6-15(21-25-14(2)26-30-21)9-18(13)24-12-20(28)27-8-7-16-17(22(3,4)29)10-23-11-19(16)27/h5-6,9-11,24,29H,7-8,12H2,1-4H3. The smallest absolute Gasteiger partial charge is 0.246 e. The number of fused-ring (bicyclic) bond motifs is 1. The van der Waals surface area contributed by atoms with E-state index < -0.39 is 5.60 Å². The molecule has 0 atom stereocenters. The summed E-state index contributed by atoms with van der Waals surface area (Å²) in [5.74, 6) is 0.729. The summed E-state index contributed by atoms with van der Waals surface area (Å²) in [7, 11) is 0. The van der Waals surface area contributed by atoms with E-state index in [2.05, 4.69) is 19.7 Å². The maximum absolute atomic E-state index is 13.0. The van der Waals surface area contributed by atoms with Gasteiger partial charge in [-0.1, -0.05) is 12.1 Å². The minimum atomic E-state index is -0.990. The lowest BCUT2D eigenvalue weighted by molar-refractivity contribution is -0.116. The number of aryl methyl sites for hydroxylation is 2. The van der Waals surface area contributed by atoms with Crippen LogP contribution < -0.4 is 10.2 Å². The van der Waals surface area contributed by atoms with Gasteiger partial charge in [-0.15, -0.1) is 0 Å². The Bertz CT molecular complexity index is 1100. The van der Waals surface area contributed by atoms with Gasteiger partial charge in [0, 0.05) is 29.6 Å². The van der Waals surface area contributed by atoms with Crippen molar-refractivity contribution in [2.45, 2.75) is 39.7 Å². The molecule has 3 aromatic rings. The molecule has 2 N–H and O–H groups in total. The van der Waals surface area contributed by atoms with Crippen LogP contribution in [0.2, 0.25) is 0 Å². The van der Waals surface area contributed by atoms with Crippen molar-refractivity contribution in [2.24, 2.45) is 0 Å². The van der Waals surface area contributed by atoms with Crippen molar-refractivity contribution in [1.29, 1.82) is 0 Å². The fraction of sp³-hybridized carbons (Fsp3) is 0.364. The molecule has 7 nitrogen and oxygen atoms in total. The maximum atomic E-state index is 13.0. The number of benzene rings is 1. The number of aromatic nitrogens is 3. The molecular weight excluding hydrogens is 398 g/mol.